The molecule has 4 nitrogen and oxygen atoms in total. The molecule has 0 saturated heterocycles. The predicted molar refractivity (Wildman–Crippen MR) is 67.9 cm³/mol. The number of carbonyl (C=O) groups excluding carboxylic acids is 1. The maximum atomic E-state index is 13.6. The van der Waals surface area contributed by atoms with Crippen LogP contribution in [0, 0.1) is 17.0 Å². The number of benzene rings is 1. The molecule has 0 amide bonds. The predicted octanol–water partition coefficient (Wildman–Crippen LogP) is 3.01. The Hall–Kier alpha value is -2.24. The second-order valence-corrected chi connectivity index (χ2v) is 5.47. The number of carbonyl (C=O) groups is 1. The Morgan fingerprint density at radius 3 is 2.40 bits per heavy atom. The van der Waals surface area contributed by atoms with Crippen molar-refractivity contribution >= 4 is 16.8 Å². The first-order chi connectivity index (χ1) is 9.12. The number of rotatable bonds is 1. The number of hydrogen-bond donors (Lipinski definition) is 1. The molecule has 0 unspecified atom stereocenters. The molecule has 0 fully saturated rings. The number of Topliss-reactive ketones (excluding diaryl/α,β-unsaturated/α-hetero) is 1. The van der Waals surface area contributed by atoms with E-state index in [2.05, 4.69) is 0 Å². The summed E-state index contributed by atoms with van der Waals surface area (Å²) in [5.74, 6) is -4.29. The molecule has 1 heterocycles. The molecule has 0 aliphatic heterocycles. The van der Waals surface area contributed by atoms with Gasteiger partial charge in [0.05, 0.1) is 0 Å². The molecule has 0 bridgehead atoms. The molecule has 0 radical (unpaired) electrons. The van der Waals surface area contributed by atoms with Gasteiger partial charge in [-0.05, 0) is 12.1 Å². The first kappa shape index (κ1) is 14.2. The second-order valence-electron chi connectivity index (χ2n) is 5.47. The molecule has 1 aromatic carbocycles. The molecular weight excluding hydrogens is 270 g/mol. The summed E-state index contributed by atoms with van der Waals surface area (Å²) >= 11 is 0. The highest BCUT2D eigenvalue weighted by Crippen LogP contribution is 2.29. The van der Waals surface area contributed by atoms with Crippen molar-refractivity contribution in [2.75, 3.05) is 0 Å². The van der Waals surface area contributed by atoms with Crippen molar-refractivity contribution in [1.29, 1.82) is 0 Å². The lowest BCUT2D eigenvalue weighted by molar-refractivity contribution is 0.0854. The summed E-state index contributed by atoms with van der Waals surface area (Å²) < 4.78 is 31.6. The van der Waals surface area contributed by atoms with Gasteiger partial charge in [0.25, 0.3) is 0 Å². The van der Waals surface area contributed by atoms with Crippen LogP contribution in [0.15, 0.2) is 21.3 Å². The largest absolute Gasteiger partial charge is 0.503 e. The van der Waals surface area contributed by atoms with Gasteiger partial charge in [-0.25, -0.2) is 9.18 Å². The highest BCUT2D eigenvalue weighted by Gasteiger charge is 2.27. The van der Waals surface area contributed by atoms with Crippen molar-refractivity contribution in [2.24, 2.45) is 5.41 Å². The first-order valence-corrected chi connectivity index (χ1v) is 5.82. The Morgan fingerprint density at radius 2 is 1.85 bits per heavy atom. The van der Waals surface area contributed by atoms with E-state index >= 15 is 0 Å². The fourth-order valence-electron chi connectivity index (χ4n) is 1.74. The summed E-state index contributed by atoms with van der Waals surface area (Å²) in [4.78, 5) is 23.8. The molecule has 0 aliphatic rings. The van der Waals surface area contributed by atoms with Gasteiger partial charge in [-0.1, -0.05) is 20.8 Å². The van der Waals surface area contributed by atoms with Crippen LogP contribution in [0.2, 0.25) is 0 Å². The fraction of sp³-hybridized carbons (Fsp3) is 0.286. The zero-order valence-corrected chi connectivity index (χ0v) is 11.1. The topological polar surface area (TPSA) is 67.5 Å². The van der Waals surface area contributed by atoms with E-state index in [9.17, 15) is 18.4 Å². The molecule has 1 N–H and O–H groups in total. The second kappa shape index (κ2) is 4.40. The van der Waals surface area contributed by atoms with Crippen LogP contribution in [0.5, 0.6) is 5.75 Å². The third-order valence-electron chi connectivity index (χ3n) is 2.82. The maximum absolute atomic E-state index is 13.6. The average molecular weight is 282 g/mol. The SMILES string of the molecule is CC(C)(C)C(=O)c1cc2cc(F)c(O)c(F)c2oc1=O. The lowest BCUT2D eigenvalue weighted by atomic mass is 9.87. The van der Waals surface area contributed by atoms with E-state index in [1.165, 1.54) is 0 Å². The quantitative estimate of drug-likeness (QED) is 0.645. The Balaban J connectivity index is 2.80. The van der Waals surface area contributed by atoms with E-state index < -0.39 is 39.8 Å². The first-order valence-electron chi connectivity index (χ1n) is 5.82. The van der Waals surface area contributed by atoms with Gasteiger partial charge in [0.2, 0.25) is 5.82 Å². The zero-order valence-electron chi connectivity index (χ0n) is 11.1. The molecule has 2 aromatic rings. The van der Waals surface area contributed by atoms with E-state index in [0.717, 1.165) is 12.1 Å². The van der Waals surface area contributed by atoms with Gasteiger partial charge in [0.15, 0.2) is 22.9 Å². The lowest BCUT2D eigenvalue weighted by Crippen LogP contribution is -2.26. The third kappa shape index (κ3) is 2.17. The van der Waals surface area contributed by atoms with Gasteiger partial charge in [-0.3, -0.25) is 4.79 Å². The van der Waals surface area contributed by atoms with Crippen LogP contribution in [-0.2, 0) is 0 Å². The molecule has 0 saturated carbocycles. The smallest absolute Gasteiger partial charge is 0.347 e. The summed E-state index contributed by atoms with van der Waals surface area (Å²) in [6, 6.07) is 1.87. The summed E-state index contributed by atoms with van der Waals surface area (Å²) in [5, 5.41) is 9.02. The Morgan fingerprint density at radius 1 is 1.25 bits per heavy atom. The van der Waals surface area contributed by atoms with Crippen molar-refractivity contribution in [3.05, 3.63) is 39.8 Å². The minimum atomic E-state index is -1.37. The lowest BCUT2D eigenvalue weighted by Gasteiger charge is -2.15. The summed E-state index contributed by atoms with van der Waals surface area (Å²) in [6.07, 6.45) is 0. The minimum Gasteiger partial charge on any atom is -0.503 e. The molecule has 0 spiro atoms. The van der Waals surface area contributed by atoms with Crippen LogP contribution in [0.4, 0.5) is 8.78 Å². The Kier molecular flexibility index (Phi) is 3.12. The molecule has 106 valence electrons. The number of hydrogen-bond acceptors (Lipinski definition) is 4. The summed E-state index contributed by atoms with van der Waals surface area (Å²) in [6.45, 7) is 4.82. The Labute approximate surface area is 112 Å². The van der Waals surface area contributed by atoms with E-state index in [-0.39, 0.29) is 10.9 Å². The fourth-order valence-corrected chi connectivity index (χ4v) is 1.74. The highest BCUT2D eigenvalue weighted by atomic mass is 19.1. The van der Waals surface area contributed by atoms with Gasteiger partial charge in [0.1, 0.15) is 5.56 Å². The van der Waals surface area contributed by atoms with Gasteiger partial charge in [-0.2, -0.15) is 4.39 Å². The molecule has 0 atom stereocenters. The summed E-state index contributed by atoms with van der Waals surface area (Å²) in [5.41, 5.74) is -2.73. The van der Waals surface area contributed by atoms with Gasteiger partial charge >= 0.3 is 5.63 Å². The van der Waals surface area contributed by atoms with Crippen LogP contribution in [0.1, 0.15) is 31.1 Å². The number of aromatic hydroxyl groups is 1. The number of phenols is 1. The van der Waals surface area contributed by atoms with E-state index in [4.69, 9.17) is 9.52 Å². The van der Waals surface area contributed by atoms with Gasteiger partial charge < -0.3 is 9.52 Å². The number of phenolic OH excluding ortho intramolecular Hbond substituents is 1. The van der Waals surface area contributed by atoms with Crippen LogP contribution in [0.25, 0.3) is 11.0 Å². The van der Waals surface area contributed by atoms with Crippen molar-refractivity contribution in [3.8, 4) is 5.75 Å². The summed E-state index contributed by atoms with van der Waals surface area (Å²) in [7, 11) is 0. The zero-order chi connectivity index (χ0) is 15.2. The molecule has 0 aliphatic carbocycles. The highest BCUT2D eigenvalue weighted by molar-refractivity contribution is 6.01. The number of ketones is 1. The van der Waals surface area contributed by atoms with Crippen molar-refractivity contribution in [3.63, 3.8) is 0 Å². The Bertz CT molecular complexity index is 769. The number of halogens is 2. The number of fused-ring (bicyclic) bond motifs is 1. The van der Waals surface area contributed by atoms with Crippen LogP contribution in [-0.4, -0.2) is 10.9 Å². The maximum Gasteiger partial charge on any atom is 0.347 e. The molecule has 2 rings (SSSR count). The van der Waals surface area contributed by atoms with Crippen molar-refractivity contribution < 1.29 is 23.1 Å². The minimum absolute atomic E-state index is 0.106. The standard InChI is InChI=1S/C14H12F2O4/c1-14(2,3)12(18)7-4-6-5-8(15)10(17)9(16)11(6)20-13(7)19/h4-5,17H,1-3H3. The van der Waals surface area contributed by atoms with Crippen LogP contribution < -0.4 is 5.63 Å². The van der Waals surface area contributed by atoms with Crippen molar-refractivity contribution in [2.45, 2.75) is 20.8 Å². The monoisotopic (exact) mass is 282 g/mol. The van der Waals surface area contributed by atoms with E-state index in [0.29, 0.717) is 0 Å². The van der Waals surface area contributed by atoms with Crippen molar-refractivity contribution in [1.82, 2.24) is 0 Å². The van der Waals surface area contributed by atoms with Crippen LogP contribution in [0.3, 0.4) is 0 Å². The molecule has 6 heteroatoms. The van der Waals surface area contributed by atoms with Crippen LogP contribution >= 0.6 is 0 Å². The average Bonchev–Trinajstić information content (AvgIpc) is 2.35. The normalized spacial score (nSPS) is 11.8. The van der Waals surface area contributed by atoms with E-state index in [1.807, 2.05) is 0 Å². The van der Waals surface area contributed by atoms with Gasteiger partial charge in [-0.15, -0.1) is 0 Å². The molecular formula is C14H12F2O4. The molecule has 1 aromatic heterocycles. The third-order valence-corrected chi connectivity index (χ3v) is 2.82. The van der Waals surface area contributed by atoms with E-state index in [1.54, 1.807) is 20.8 Å². The molecule has 20 heavy (non-hydrogen) atoms. The van der Waals surface area contributed by atoms with Gasteiger partial charge in [0, 0.05) is 10.8 Å².